The van der Waals surface area contributed by atoms with Gasteiger partial charge < -0.3 is 0 Å². The number of aromatic nitrogens is 4. The van der Waals surface area contributed by atoms with Gasteiger partial charge in [-0.15, -0.1) is 0 Å². The molecule has 0 radical (unpaired) electrons. The molecule has 61 heavy (non-hydrogen) atoms. The second kappa shape index (κ2) is 15.5. The van der Waals surface area contributed by atoms with Crippen LogP contribution in [0.3, 0.4) is 0 Å². The average molecular weight is 779 g/mol. The predicted molar refractivity (Wildman–Crippen MR) is 252 cm³/mol. The summed E-state index contributed by atoms with van der Waals surface area (Å²) in [6, 6.07) is 80.9. The van der Waals surface area contributed by atoms with Crippen LogP contribution in [0.15, 0.2) is 231 Å². The molecule has 11 aromatic rings. The molecule has 2 heterocycles. The fourth-order valence-electron chi connectivity index (χ4n) is 8.40. The smallest absolute Gasteiger partial charge is 0.160 e. The average Bonchev–Trinajstić information content (AvgIpc) is 3.76. The molecular weight excluding hydrogens is 741 g/mol. The molecule has 286 valence electrons. The first-order valence-electron chi connectivity index (χ1n) is 20.6. The Balaban J connectivity index is 0.975. The molecule has 0 aliphatic rings. The summed E-state index contributed by atoms with van der Waals surface area (Å²) in [6.45, 7) is 0. The van der Waals surface area contributed by atoms with Gasteiger partial charge in [0, 0.05) is 33.0 Å². The maximum atomic E-state index is 5.33. The normalized spacial score (nSPS) is 11.3. The first-order valence-corrected chi connectivity index (χ1v) is 20.6. The lowest BCUT2D eigenvalue weighted by Crippen LogP contribution is -1.96. The van der Waals surface area contributed by atoms with Crippen LogP contribution in [0.1, 0.15) is 0 Å². The lowest BCUT2D eigenvalue weighted by molar-refractivity contribution is 0.918. The van der Waals surface area contributed by atoms with Gasteiger partial charge in [0.25, 0.3) is 0 Å². The van der Waals surface area contributed by atoms with Gasteiger partial charge in [-0.3, -0.25) is 0 Å². The molecule has 0 unspecified atom stereocenters. The Morgan fingerprint density at radius 2 is 0.803 bits per heavy atom. The summed E-state index contributed by atoms with van der Waals surface area (Å²) < 4.78 is 2.12. The SMILES string of the molecule is c1ccc(-c2cccc(-c3nc(-c4ccccc4)cc(-c4ccc(-c5ccc(-c6cc7ccccc7c7c6c(-c6ccccc6)nn7-c6ccccc6)cc5)cc4)n3)c2)cc1. The Morgan fingerprint density at radius 3 is 1.46 bits per heavy atom. The van der Waals surface area contributed by atoms with E-state index in [1.807, 2.05) is 18.2 Å². The quantitative estimate of drug-likeness (QED) is 0.154. The first kappa shape index (κ1) is 35.9. The van der Waals surface area contributed by atoms with E-state index in [1.54, 1.807) is 0 Å². The molecule has 4 heteroatoms. The molecule has 0 amide bonds. The van der Waals surface area contributed by atoms with Crippen molar-refractivity contribution in [2.75, 3.05) is 0 Å². The lowest BCUT2D eigenvalue weighted by Gasteiger charge is -2.12. The summed E-state index contributed by atoms with van der Waals surface area (Å²) in [5, 5.41) is 8.81. The van der Waals surface area contributed by atoms with Gasteiger partial charge in [0.05, 0.1) is 22.6 Å². The number of benzene rings is 9. The van der Waals surface area contributed by atoms with Gasteiger partial charge in [0.1, 0.15) is 5.69 Å². The van der Waals surface area contributed by atoms with Crippen molar-refractivity contribution in [2.24, 2.45) is 0 Å². The van der Waals surface area contributed by atoms with Gasteiger partial charge in [-0.2, -0.15) is 5.10 Å². The minimum absolute atomic E-state index is 0.696. The second-order valence-corrected chi connectivity index (χ2v) is 15.3. The summed E-state index contributed by atoms with van der Waals surface area (Å²) >= 11 is 0. The van der Waals surface area contributed by atoms with Crippen LogP contribution < -0.4 is 0 Å². The van der Waals surface area contributed by atoms with Crippen molar-refractivity contribution in [1.29, 1.82) is 0 Å². The van der Waals surface area contributed by atoms with Crippen LogP contribution in [0.2, 0.25) is 0 Å². The molecule has 2 aromatic heterocycles. The minimum Gasteiger partial charge on any atom is -0.232 e. The van der Waals surface area contributed by atoms with Crippen LogP contribution in [0.4, 0.5) is 0 Å². The maximum absolute atomic E-state index is 5.33. The van der Waals surface area contributed by atoms with Gasteiger partial charge in [-0.05, 0) is 69.1 Å². The van der Waals surface area contributed by atoms with Gasteiger partial charge in [0.2, 0.25) is 0 Å². The number of rotatable bonds is 8. The van der Waals surface area contributed by atoms with Crippen molar-refractivity contribution in [1.82, 2.24) is 19.7 Å². The maximum Gasteiger partial charge on any atom is 0.160 e. The Hall–Kier alpha value is -8.21. The van der Waals surface area contributed by atoms with Crippen LogP contribution in [0.25, 0.3) is 106 Å². The summed E-state index contributed by atoms with van der Waals surface area (Å²) in [5.74, 6) is 0.696. The Morgan fingerprint density at radius 1 is 0.328 bits per heavy atom. The fraction of sp³-hybridized carbons (Fsp3) is 0. The molecule has 0 saturated heterocycles. The van der Waals surface area contributed by atoms with E-state index in [4.69, 9.17) is 15.1 Å². The van der Waals surface area contributed by atoms with Gasteiger partial charge in [-0.25, -0.2) is 14.6 Å². The highest BCUT2D eigenvalue weighted by molar-refractivity contribution is 6.17. The molecule has 0 atom stereocenters. The molecule has 0 aliphatic carbocycles. The van der Waals surface area contributed by atoms with Crippen LogP contribution in [0, 0.1) is 0 Å². The number of para-hydroxylation sites is 1. The zero-order valence-electron chi connectivity index (χ0n) is 33.2. The van der Waals surface area contributed by atoms with E-state index in [-0.39, 0.29) is 0 Å². The van der Waals surface area contributed by atoms with Crippen molar-refractivity contribution in [3.05, 3.63) is 231 Å². The van der Waals surface area contributed by atoms with Crippen molar-refractivity contribution < 1.29 is 0 Å². The van der Waals surface area contributed by atoms with E-state index in [0.717, 1.165) is 89.3 Å². The molecule has 0 bridgehead atoms. The molecule has 0 spiro atoms. The van der Waals surface area contributed by atoms with Gasteiger partial charge >= 0.3 is 0 Å². The lowest BCUT2D eigenvalue weighted by atomic mass is 9.92. The molecule has 0 saturated carbocycles. The van der Waals surface area contributed by atoms with Crippen molar-refractivity contribution in [3.8, 4) is 84.2 Å². The number of fused-ring (bicyclic) bond motifs is 3. The Labute approximate surface area is 354 Å². The third-order valence-corrected chi connectivity index (χ3v) is 11.5. The topological polar surface area (TPSA) is 43.6 Å². The molecule has 0 aliphatic heterocycles. The van der Waals surface area contributed by atoms with E-state index in [1.165, 1.54) is 10.8 Å². The zero-order chi connectivity index (χ0) is 40.5. The Bertz CT molecular complexity index is 3300. The van der Waals surface area contributed by atoms with E-state index in [0.29, 0.717) is 5.82 Å². The van der Waals surface area contributed by atoms with Crippen LogP contribution in [-0.2, 0) is 0 Å². The third kappa shape index (κ3) is 6.86. The van der Waals surface area contributed by atoms with Gasteiger partial charge in [-0.1, -0.05) is 200 Å². The summed E-state index contributed by atoms with van der Waals surface area (Å²) in [6.07, 6.45) is 0. The van der Waals surface area contributed by atoms with Crippen molar-refractivity contribution in [2.45, 2.75) is 0 Å². The standard InChI is InChI=1S/C57H38N4/c1-5-16-39(17-6-1)46-23-15-24-48(36-46)57-58-52(43-18-7-2-8-19-43)38-53(59-57)44-34-30-41(31-35-44)40-28-32-42(33-29-40)51-37-47-22-13-14-27-50(47)56-54(51)55(45-20-9-3-10-21-45)60-61(56)49-25-11-4-12-26-49/h1-38H. The molecule has 0 fully saturated rings. The zero-order valence-corrected chi connectivity index (χ0v) is 33.2. The highest BCUT2D eigenvalue weighted by atomic mass is 15.3. The monoisotopic (exact) mass is 778 g/mol. The largest absolute Gasteiger partial charge is 0.232 e. The molecule has 0 N–H and O–H groups in total. The minimum atomic E-state index is 0.696. The second-order valence-electron chi connectivity index (χ2n) is 15.3. The van der Waals surface area contributed by atoms with E-state index < -0.39 is 0 Å². The number of hydrogen-bond donors (Lipinski definition) is 0. The molecular formula is C57H38N4. The van der Waals surface area contributed by atoms with Crippen LogP contribution in [0.5, 0.6) is 0 Å². The number of hydrogen-bond acceptors (Lipinski definition) is 3. The molecule has 11 rings (SSSR count). The summed E-state index contributed by atoms with van der Waals surface area (Å²) in [7, 11) is 0. The predicted octanol–water partition coefficient (Wildman–Crippen LogP) is 14.6. The van der Waals surface area contributed by atoms with E-state index >= 15 is 0 Å². The molecule has 9 aromatic carbocycles. The highest BCUT2D eigenvalue weighted by Gasteiger charge is 2.21. The van der Waals surface area contributed by atoms with Gasteiger partial charge in [0.15, 0.2) is 5.82 Å². The molecule has 4 nitrogen and oxygen atoms in total. The Kier molecular flexibility index (Phi) is 9.14. The highest BCUT2D eigenvalue weighted by Crippen LogP contribution is 2.42. The van der Waals surface area contributed by atoms with Crippen molar-refractivity contribution in [3.63, 3.8) is 0 Å². The fourth-order valence-corrected chi connectivity index (χ4v) is 8.40. The summed E-state index contributed by atoms with van der Waals surface area (Å²) in [5.41, 5.74) is 15.9. The van der Waals surface area contributed by atoms with Crippen LogP contribution in [-0.4, -0.2) is 19.7 Å². The van der Waals surface area contributed by atoms with Crippen LogP contribution >= 0.6 is 0 Å². The first-order chi connectivity index (χ1) is 30.2. The number of nitrogens with zero attached hydrogens (tertiary/aromatic N) is 4. The third-order valence-electron chi connectivity index (χ3n) is 11.5. The van der Waals surface area contributed by atoms with Crippen molar-refractivity contribution >= 4 is 21.7 Å². The van der Waals surface area contributed by atoms with E-state index in [9.17, 15) is 0 Å². The summed E-state index contributed by atoms with van der Waals surface area (Å²) in [4.78, 5) is 10.3. The van der Waals surface area contributed by atoms with E-state index in [2.05, 4.69) is 217 Å².